The minimum Gasteiger partial charge on any atom is -0.509 e. The minimum atomic E-state index is -1.00. The zero-order chi connectivity index (χ0) is 24.3. The highest BCUT2D eigenvalue weighted by Gasteiger charge is 2.46. The Morgan fingerprint density at radius 1 is 1.21 bits per heavy atom. The molecule has 2 unspecified atom stereocenters. The molecule has 0 aliphatic carbocycles. The number of aliphatic hydroxyl groups excluding tert-OH is 1. The van der Waals surface area contributed by atoms with Crippen LogP contribution in [0, 0.1) is 17.0 Å². The van der Waals surface area contributed by atoms with E-state index in [-0.39, 0.29) is 32.5 Å². The van der Waals surface area contributed by atoms with Crippen LogP contribution in [0.5, 0.6) is 0 Å². The number of hydrogen-bond donors (Lipinski definition) is 2. The molecule has 2 aromatic rings. The molecule has 1 amide bonds. The number of para-hydroxylation sites is 1. The highest BCUT2D eigenvalue weighted by atomic mass is 31.1. The fourth-order valence-electron chi connectivity index (χ4n) is 3.76. The van der Waals surface area contributed by atoms with Crippen LogP contribution in [0.2, 0.25) is 0 Å². The second kappa shape index (κ2) is 9.98. The third-order valence-corrected chi connectivity index (χ3v) is 6.26. The molecular weight excluding hydrogens is 447 g/mol. The van der Waals surface area contributed by atoms with E-state index in [0.29, 0.717) is 17.9 Å². The van der Waals surface area contributed by atoms with Gasteiger partial charge in [-0.3, -0.25) is 4.79 Å². The van der Waals surface area contributed by atoms with Crippen LogP contribution >= 0.6 is 8.81 Å². The molecule has 176 valence electrons. The van der Waals surface area contributed by atoms with Crippen molar-refractivity contribution in [2.24, 2.45) is 16.1 Å². The third-order valence-electron chi connectivity index (χ3n) is 5.19. The van der Waals surface area contributed by atoms with Crippen LogP contribution in [0.4, 0.5) is 14.5 Å². The second-order valence-corrected chi connectivity index (χ2v) is 9.79. The number of aliphatic imine (C=N–C) groups is 1. The molecule has 1 aliphatic heterocycles. The van der Waals surface area contributed by atoms with Crippen LogP contribution in [0.15, 0.2) is 58.8 Å². The maximum absolute atomic E-state index is 13.7. The van der Waals surface area contributed by atoms with Crippen molar-refractivity contribution in [3.63, 3.8) is 0 Å². The van der Waals surface area contributed by atoms with E-state index in [0.717, 1.165) is 17.4 Å². The number of amidine groups is 1. The molecule has 6 nitrogen and oxygen atoms in total. The number of halogens is 2. The summed E-state index contributed by atoms with van der Waals surface area (Å²) >= 11 is 0. The Morgan fingerprint density at radius 2 is 1.91 bits per heavy atom. The minimum absolute atomic E-state index is 0.0267. The molecule has 0 radical (unpaired) electrons. The van der Waals surface area contributed by atoms with Crippen molar-refractivity contribution >= 4 is 31.5 Å². The predicted molar refractivity (Wildman–Crippen MR) is 127 cm³/mol. The molecule has 2 aromatic carbocycles. The molecule has 0 aromatic heterocycles. The summed E-state index contributed by atoms with van der Waals surface area (Å²) in [5, 5.41) is 11.9. The molecular formula is C24H28F2N3O3P. The Balaban J connectivity index is 1.99. The molecule has 3 rings (SSSR count). The zero-order valence-corrected chi connectivity index (χ0v) is 20.0. The Hall–Kier alpha value is -2.83. The van der Waals surface area contributed by atoms with E-state index in [4.69, 9.17) is 10.3 Å². The molecule has 33 heavy (non-hydrogen) atoms. The van der Waals surface area contributed by atoms with Gasteiger partial charge in [-0.1, -0.05) is 45.0 Å². The van der Waals surface area contributed by atoms with Crippen LogP contribution in [-0.2, 0) is 15.9 Å². The van der Waals surface area contributed by atoms with E-state index < -0.39 is 29.0 Å². The van der Waals surface area contributed by atoms with Gasteiger partial charge in [0.15, 0.2) is 11.6 Å². The summed E-state index contributed by atoms with van der Waals surface area (Å²) in [5.74, 6) is -2.81. The summed E-state index contributed by atoms with van der Waals surface area (Å²) < 4.78 is 32.6. The number of nitrogens with two attached hydrogens (primary N) is 1. The Bertz CT molecular complexity index is 1110. The van der Waals surface area contributed by atoms with E-state index >= 15 is 0 Å². The van der Waals surface area contributed by atoms with Crippen LogP contribution < -0.4 is 11.0 Å². The Labute approximate surface area is 194 Å². The van der Waals surface area contributed by atoms with Gasteiger partial charge in [0, 0.05) is 27.3 Å². The van der Waals surface area contributed by atoms with Crippen molar-refractivity contribution in [3.05, 3.63) is 71.0 Å². The van der Waals surface area contributed by atoms with Crippen LogP contribution in [0.3, 0.4) is 0 Å². The van der Waals surface area contributed by atoms with E-state index in [1.54, 1.807) is 12.1 Å². The third kappa shape index (κ3) is 5.40. The van der Waals surface area contributed by atoms with Crippen molar-refractivity contribution in [3.8, 4) is 0 Å². The van der Waals surface area contributed by atoms with Crippen LogP contribution in [0.25, 0.3) is 0 Å². The maximum Gasteiger partial charge on any atom is 0.262 e. The SMILES string of the molecule is CCOPc1ccccc1N=C(N)C1=C(O)C(C(C)(C)C)N(Cc2ccc(F)c(F)c2)C1=O. The van der Waals surface area contributed by atoms with Crippen LogP contribution in [0.1, 0.15) is 33.3 Å². The van der Waals surface area contributed by atoms with E-state index in [1.807, 2.05) is 39.8 Å². The Kier molecular flexibility index (Phi) is 7.50. The number of carbonyl (C=O) groups excluding carboxylic acids is 1. The molecule has 9 heteroatoms. The summed E-state index contributed by atoms with van der Waals surface area (Å²) in [6.45, 7) is 8.02. The molecule has 0 saturated carbocycles. The predicted octanol–water partition coefficient (Wildman–Crippen LogP) is 4.48. The average Bonchev–Trinajstić information content (AvgIpc) is 2.99. The van der Waals surface area contributed by atoms with E-state index in [1.165, 1.54) is 11.0 Å². The fourth-order valence-corrected chi connectivity index (χ4v) is 4.47. The lowest BCUT2D eigenvalue weighted by atomic mass is 9.85. The summed E-state index contributed by atoms with van der Waals surface area (Å²) in [6.07, 6.45) is 0. The van der Waals surface area contributed by atoms with Gasteiger partial charge in [0.2, 0.25) is 0 Å². The van der Waals surface area contributed by atoms with Gasteiger partial charge in [0.05, 0.1) is 11.7 Å². The normalized spacial score (nSPS) is 17.6. The van der Waals surface area contributed by atoms with Crippen molar-refractivity contribution in [1.29, 1.82) is 0 Å². The maximum atomic E-state index is 13.7. The van der Waals surface area contributed by atoms with Gasteiger partial charge in [-0.05, 0) is 36.1 Å². The van der Waals surface area contributed by atoms with Crippen molar-refractivity contribution in [2.45, 2.75) is 40.3 Å². The number of hydrogen-bond acceptors (Lipinski definition) is 4. The van der Waals surface area contributed by atoms with Crippen molar-refractivity contribution in [2.75, 3.05) is 6.61 Å². The topological polar surface area (TPSA) is 88.2 Å². The van der Waals surface area contributed by atoms with Gasteiger partial charge >= 0.3 is 0 Å². The van der Waals surface area contributed by atoms with Crippen LogP contribution in [-0.4, -0.2) is 34.4 Å². The molecule has 0 bridgehead atoms. The summed E-state index contributed by atoms with van der Waals surface area (Å²) in [4.78, 5) is 19.2. The first-order chi connectivity index (χ1) is 15.5. The first-order valence-electron chi connectivity index (χ1n) is 10.5. The standard InChI is InChI=1S/C24H28F2N3O3P/c1-5-32-33-18-9-7-6-8-17(18)28-22(27)19-20(30)21(24(2,3)4)29(23(19)31)13-14-10-11-15(25)16(26)12-14/h6-12,21,30,33H,5,13H2,1-4H3,(H2,27,28). The average molecular weight is 475 g/mol. The summed E-state index contributed by atoms with van der Waals surface area (Å²) in [5.41, 5.74) is 6.52. The molecule has 1 aliphatic rings. The number of rotatable bonds is 7. The van der Waals surface area contributed by atoms with Gasteiger partial charge in [0.1, 0.15) is 17.2 Å². The van der Waals surface area contributed by atoms with Gasteiger partial charge in [-0.2, -0.15) is 0 Å². The number of benzene rings is 2. The second-order valence-electron chi connectivity index (χ2n) is 8.76. The number of amides is 1. The van der Waals surface area contributed by atoms with Crippen molar-refractivity contribution in [1.82, 2.24) is 4.90 Å². The highest BCUT2D eigenvalue weighted by molar-refractivity contribution is 7.42. The van der Waals surface area contributed by atoms with Gasteiger partial charge in [-0.15, -0.1) is 0 Å². The smallest absolute Gasteiger partial charge is 0.262 e. The molecule has 0 fully saturated rings. The number of nitrogens with zero attached hydrogens (tertiary/aromatic N) is 2. The monoisotopic (exact) mass is 475 g/mol. The number of carbonyl (C=O) groups is 1. The Morgan fingerprint density at radius 3 is 2.55 bits per heavy atom. The lowest BCUT2D eigenvalue weighted by Crippen LogP contribution is -2.43. The van der Waals surface area contributed by atoms with Gasteiger partial charge in [-0.25, -0.2) is 13.8 Å². The zero-order valence-electron chi connectivity index (χ0n) is 19.0. The van der Waals surface area contributed by atoms with E-state index in [9.17, 15) is 18.7 Å². The largest absolute Gasteiger partial charge is 0.509 e. The highest BCUT2D eigenvalue weighted by Crippen LogP contribution is 2.38. The molecule has 3 N–H and O–H groups in total. The number of aliphatic hydroxyl groups is 1. The molecule has 2 atom stereocenters. The van der Waals surface area contributed by atoms with Gasteiger partial charge < -0.3 is 20.3 Å². The lowest BCUT2D eigenvalue weighted by molar-refractivity contribution is -0.129. The first kappa shape index (κ1) is 24.8. The molecule has 0 spiro atoms. The molecule has 1 heterocycles. The lowest BCUT2D eigenvalue weighted by Gasteiger charge is -2.35. The van der Waals surface area contributed by atoms with Gasteiger partial charge in [0.25, 0.3) is 5.91 Å². The summed E-state index contributed by atoms with van der Waals surface area (Å²) in [7, 11) is 0.0582. The van der Waals surface area contributed by atoms with Crippen molar-refractivity contribution < 1.29 is 23.2 Å². The quantitative estimate of drug-likeness (QED) is 0.351. The first-order valence-corrected chi connectivity index (χ1v) is 11.4. The fraction of sp³-hybridized carbons (Fsp3) is 0.333. The van der Waals surface area contributed by atoms with E-state index in [2.05, 4.69) is 4.99 Å². The summed E-state index contributed by atoms with van der Waals surface area (Å²) in [6, 6.07) is 10.0. The molecule has 0 saturated heterocycles.